The van der Waals surface area contributed by atoms with Gasteiger partial charge in [-0.1, -0.05) is 41.2 Å². The zero-order valence-corrected chi connectivity index (χ0v) is 16.7. The van der Waals surface area contributed by atoms with Crippen LogP contribution < -0.4 is 9.47 Å². The Balaban J connectivity index is 1.35. The van der Waals surface area contributed by atoms with Gasteiger partial charge in [-0.3, -0.25) is 0 Å². The lowest BCUT2D eigenvalue weighted by Crippen LogP contribution is -1.89. The first kappa shape index (κ1) is 19.0. The van der Waals surface area contributed by atoms with Gasteiger partial charge < -0.3 is 18.4 Å². The number of thioether (sulfide) groups is 1. The monoisotopic (exact) mass is 410 g/mol. The largest absolute Gasteiger partial charge is 0.497 e. The van der Waals surface area contributed by atoms with Gasteiger partial charge in [0, 0.05) is 5.56 Å². The maximum absolute atomic E-state index is 5.69. The fraction of sp³-hybridized carbons (Fsp3) is 0.200. The fourth-order valence-electron chi connectivity index (χ4n) is 2.60. The Bertz CT molecular complexity index is 1080. The summed E-state index contributed by atoms with van der Waals surface area (Å²) in [5, 5.41) is 12.6. The number of hydrogen-bond donors (Lipinski definition) is 0. The van der Waals surface area contributed by atoms with Crippen LogP contribution in [0.15, 0.2) is 62.7 Å². The predicted octanol–water partition coefficient (Wildman–Crippen LogP) is 4.02. The van der Waals surface area contributed by atoms with E-state index in [4.69, 9.17) is 18.4 Å². The lowest BCUT2D eigenvalue weighted by molar-refractivity contribution is 0.389. The molecule has 0 aliphatic rings. The third-order valence-electron chi connectivity index (χ3n) is 4.08. The molecule has 0 fully saturated rings. The summed E-state index contributed by atoms with van der Waals surface area (Å²) in [6, 6.07) is 15.2. The number of hydrogen-bond acceptors (Lipinski definition) is 9. The number of ether oxygens (including phenoxy) is 2. The average molecular weight is 410 g/mol. The van der Waals surface area contributed by atoms with Crippen molar-refractivity contribution in [3.8, 4) is 22.9 Å². The van der Waals surface area contributed by atoms with Crippen molar-refractivity contribution in [2.45, 2.75) is 17.4 Å². The summed E-state index contributed by atoms with van der Waals surface area (Å²) in [5.41, 5.74) is 1.88. The van der Waals surface area contributed by atoms with Gasteiger partial charge in [0.15, 0.2) is 0 Å². The molecule has 0 saturated carbocycles. The lowest BCUT2D eigenvalue weighted by atomic mass is 10.1. The first-order valence-electron chi connectivity index (χ1n) is 8.78. The molecule has 9 heteroatoms. The van der Waals surface area contributed by atoms with Crippen molar-refractivity contribution in [3.63, 3.8) is 0 Å². The van der Waals surface area contributed by atoms with Crippen LogP contribution in [0.2, 0.25) is 0 Å². The second kappa shape index (κ2) is 8.78. The van der Waals surface area contributed by atoms with Gasteiger partial charge >= 0.3 is 0 Å². The van der Waals surface area contributed by atoms with Crippen molar-refractivity contribution in [2.24, 2.45) is 0 Å². The minimum atomic E-state index is 0.432. The average Bonchev–Trinajstić information content (AvgIpc) is 3.42. The summed E-state index contributed by atoms with van der Waals surface area (Å²) < 4.78 is 21.4. The molecule has 2 heterocycles. The second-order valence-electron chi connectivity index (χ2n) is 6.02. The van der Waals surface area contributed by atoms with Crippen molar-refractivity contribution in [3.05, 3.63) is 65.9 Å². The molecule has 0 saturated heterocycles. The van der Waals surface area contributed by atoms with E-state index in [0.29, 0.717) is 35.0 Å². The Kier molecular flexibility index (Phi) is 5.76. The third kappa shape index (κ3) is 4.75. The number of rotatable bonds is 8. The van der Waals surface area contributed by atoms with Gasteiger partial charge in [0.1, 0.15) is 11.5 Å². The highest BCUT2D eigenvalue weighted by atomic mass is 32.2. The molecule has 4 rings (SSSR count). The summed E-state index contributed by atoms with van der Waals surface area (Å²) >= 11 is 1.35. The second-order valence-corrected chi connectivity index (χ2v) is 6.95. The molecule has 0 aliphatic carbocycles. The van der Waals surface area contributed by atoms with E-state index in [1.165, 1.54) is 11.8 Å². The molecule has 0 bridgehead atoms. The van der Waals surface area contributed by atoms with E-state index in [2.05, 4.69) is 20.3 Å². The molecule has 2 aromatic heterocycles. The van der Waals surface area contributed by atoms with Crippen molar-refractivity contribution in [1.29, 1.82) is 0 Å². The maximum atomic E-state index is 5.69. The highest BCUT2D eigenvalue weighted by Gasteiger charge is 2.13. The quantitative estimate of drug-likeness (QED) is 0.399. The van der Waals surface area contributed by atoms with E-state index in [-0.39, 0.29) is 0 Å². The summed E-state index contributed by atoms with van der Waals surface area (Å²) in [6.45, 7) is 0. The first-order valence-corrected chi connectivity index (χ1v) is 9.77. The van der Waals surface area contributed by atoms with Crippen molar-refractivity contribution in [2.75, 3.05) is 14.2 Å². The molecule has 0 aliphatic heterocycles. The SMILES string of the molecule is COc1ccc(Cc2nnc(SCc3nc(-c4cccc(OC)c4)no3)o2)cc1. The Morgan fingerprint density at radius 2 is 1.76 bits per heavy atom. The zero-order chi connectivity index (χ0) is 20.1. The molecule has 0 atom stereocenters. The molecule has 148 valence electrons. The minimum Gasteiger partial charge on any atom is -0.497 e. The normalized spacial score (nSPS) is 10.8. The van der Waals surface area contributed by atoms with Crippen molar-refractivity contribution < 1.29 is 18.4 Å². The third-order valence-corrected chi connectivity index (χ3v) is 4.88. The summed E-state index contributed by atoms with van der Waals surface area (Å²) in [7, 11) is 3.25. The van der Waals surface area contributed by atoms with Crippen LogP contribution in [0, 0.1) is 0 Å². The molecular formula is C20H18N4O4S. The standard InChI is InChI=1S/C20H18N4O4S/c1-25-15-8-6-13(7-9-15)10-17-22-23-20(27-17)29-12-18-21-19(24-28-18)14-4-3-5-16(11-14)26-2/h3-9,11H,10,12H2,1-2H3. The van der Waals surface area contributed by atoms with Crippen LogP contribution in [0.25, 0.3) is 11.4 Å². The summed E-state index contributed by atoms with van der Waals surface area (Å²) in [5.74, 6) is 3.50. The van der Waals surface area contributed by atoms with Gasteiger partial charge in [-0.05, 0) is 29.8 Å². The Hall–Kier alpha value is -3.33. The highest BCUT2D eigenvalue weighted by Crippen LogP contribution is 2.25. The predicted molar refractivity (Wildman–Crippen MR) is 106 cm³/mol. The van der Waals surface area contributed by atoms with Gasteiger partial charge in [-0.2, -0.15) is 4.98 Å². The molecule has 8 nitrogen and oxygen atoms in total. The van der Waals surface area contributed by atoms with Crippen LogP contribution >= 0.6 is 11.8 Å². The molecule has 0 spiro atoms. The van der Waals surface area contributed by atoms with E-state index < -0.39 is 0 Å². The molecule has 0 amide bonds. The molecule has 0 N–H and O–H groups in total. The smallest absolute Gasteiger partial charge is 0.277 e. The molecule has 0 unspecified atom stereocenters. The van der Waals surface area contributed by atoms with E-state index in [0.717, 1.165) is 22.6 Å². The highest BCUT2D eigenvalue weighted by molar-refractivity contribution is 7.98. The minimum absolute atomic E-state index is 0.432. The Labute approximate surface area is 171 Å². The topological polar surface area (TPSA) is 96.3 Å². The van der Waals surface area contributed by atoms with Gasteiger partial charge in [-0.25, -0.2) is 0 Å². The zero-order valence-electron chi connectivity index (χ0n) is 15.9. The maximum Gasteiger partial charge on any atom is 0.277 e. The Morgan fingerprint density at radius 1 is 0.931 bits per heavy atom. The Morgan fingerprint density at radius 3 is 2.55 bits per heavy atom. The van der Waals surface area contributed by atoms with Crippen LogP contribution in [0.3, 0.4) is 0 Å². The van der Waals surface area contributed by atoms with E-state index in [1.54, 1.807) is 14.2 Å². The number of nitrogens with zero attached hydrogens (tertiary/aromatic N) is 4. The van der Waals surface area contributed by atoms with Crippen LogP contribution in [0.4, 0.5) is 0 Å². The fourth-order valence-corrected chi connectivity index (χ4v) is 3.22. The van der Waals surface area contributed by atoms with Crippen LogP contribution in [-0.4, -0.2) is 34.6 Å². The number of benzene rings is 2. The molecule has 4 aromatic rings. The lowest BCUT2D eigenvalue weighted by Gasteiger charge is -2.00. The molecule has 29 heavy (non-hydrogen) atoms. The molecule has 0 radical (unpaired) electrons. The van der Waals surface area contributed by atoms with Crippen molar-refractivity contribution >= 4 is 11.8 Å². The molecule has 2 aromatic carbocycles. The number of methoxy groups -OCH3 is 2. The number of aromatic nitrogens is 4. The van der Waals surface area contributed by atoms with Crippen molar-refractivity contribution in [1.82, 2.24) is 20.3 Å². The van der Waals surface area contributed by atoms with E-state index in [9.17, 15) is 0 Å². The van der Waals surface area contributed by atoms with Crippen LogP contribution in [0.1, 0.15) is 17.3 Å². The van der Waals surface area contributed by atoms with Crippen LogP contribution in [0.5, 0.6) is 11.5 Å². The molecular weight excluding hydrogens is 392 g/mol. The van der Waals surface area contributed by atoms with E-state index in [1.807, 2.05) is 48.5 Å². The summed E-state index contributed by atoms with van der Waals surface area (Å²) in [4.78, 5) is 4.41. The van der Waals surface area contributed by atoms with E-state index >= 15 is 0 Å². The van der Waals surface area contributed by atoms with Gasteiger partial charge in [-0.15, -0.1) is 10.2 Å². The van der Waals surface area contributed by atoms with Gasteiger partial charge in [0.25, 0.3) is 5.22 Å². The van der Waals surface area contributed by atoms with Crippen LogP contribution in [-0.2, 0) is 12.2 Å². The van der Waals surface area contributed by atoms with Gasteiger partial charge in [0.05, 0.1) is 26.4 Å². The first-order chi connectivity index (χ1) is 14.2. The van der Waals surface area contributed by atoms with Gasteiger partial charge in [0.2, 0.25) is 17.6 Å². The summed E-state index contributed by atoms with van der Waals surface area (Å²) in [6.07, 6.45) is 0.554.